The summed E-state index contributed by atoms with van der Waals surface area (Å²) in [6.45, 7) is -0.901. The molecule has 7 heteroatoms. The number of nitrogens with zero attached hydrogens (tertiary/aromatic N) is 1. The third-order valence-electron chi connectivity index (χ3n) is 6.73. The topological polar surface area (TPSA) is 92.8 Å². The van der Waals surface area contributed by atoms with Gasteiger partial charge in [0.15, 0.2) is 6.61 Å². The summed E-state index contributed by atoms with van der Waals surface area (Å²) < 4.78 is 5.04. The zero-order valence-corrected chi connectivity index (χ0v) is 16.4. The molecule has 2 aromatic rings. The van der Waals surface area contributed by atoms with Crippen LogP contribution < -0.4 is 5.32 Å². The number of hydrogen-bond donors (Lipinski definition) is 1. The molecule has 3 fully saturated rings. The minimum atomic E-state index is -0.753. The van der Waals surface area contributed by atoms with Crippen molar-refractivity contribution in [1.82, 2.24) is 4.90 Å². The van der Waals surface area contributed by atoms with Crippen LogP contribution in [-0.2, 0) is 23.9 Å². The molecule has 1 N–H and O–H groups in total. The largest absolute Gasteiger partial charge is 0.454 e. The molecule has 1 heterocycles. The lowest BCUT2D eigenvalue weighted by atomic mass is 9.81. The first-order chi connectivity index (χ1) is 14.5. The second-order valence-corrected chi connectivity index (χ2v) is 8.38. The van der Waals surface area contributed by atoms with Crippen LogP contribution in [0, 0.1) is 23.7 Å². The van der Waals surface area contributed by atoms with Crippen molar-refractivity contribution in [3.63, 3.8) is 0 Å². The smallest absolute Gasteiger partial charge is 0.326 e. The van der Waals surface area contributed by atoms with E-state index in [1.807, 2.05) is 36.4 Å². The first-order valence-corrected chi connectivity index (χ1v) is 10.3. The predicted octanol–water partition coefficient (Wildman–Crippen LogP) is 2.35. The molecule has 5 rings (SSSR count). The maximum atomic E-state index is 12.6. The molecule has 3 amide bonds. The predicted molar refractivity (Wildman–Crippen MR) is 108 cm³/mol. The zero-order chi connectivity index (χ0) is 20.8. The maximum absolute atomic E-state index is 12.6. The summed E-state index contributed by atoms with van der Waals surface area (Å²) in [5.41, 5.74) is 0.627. The van der Waals surface area contributed by atoms with Crippen LogP contribution in [0.25, 0.3) is 10.8 Å². The van der Waals surface area contributed by atoms with E-state index >= 15 is 0 Å². The van der Waals surface area contributed by atoms with Gasteiger partial charge in [0.2, 0.25) is 11.8 Å². The van der Waals surface area contributed by atoms with Gasteiger partial charge in [0.05, 0.1) is 11.8 Å². The molecule has 1 aliphatic heterocycles. The van der Waals surface area contributed by atoms with Crippen molar-refractivity contribution < 1.29 is 23.9 Å². The lowest BCUT2D eigenvalue weighted by Crippen LogP contribution is -2.38. The van der Waals surface area contributed by atoms with Gasteiger partial charge < -0.3 is 10.1 Å². The normalized spacial score (nSPS) is 26.9. The number of nitrogens with one attached hydrogen (secondary N) is 1. The molecular formula is C23H22N2O5. The summed E-state index contributed by atoms with van der Waals surface area (Å²) >= 11 is 0. The van der Waals surface area contributed by atoms with E-state index in [1.54, 1.807) is 6.07 Å². The molecule has 2 bridgehead atoms. The molecule has 30 heavy (non-hydrogen) atoms. The van der Waals surface area contributed by atoms with Crippen molar-refractivity contribution >= 4 is 40.2 Å². The highest BCUT2D eigenvalue weighted by Crippen LogP contribution is 2.56. The van der Waals surface area contributed by atoms with Crippen LogP contribution in [0.15, 0.2) is 42.5 Å². The molecule has 1 saturated heterocycles. The molecule has 0 unspecified atom stereocenters. The lowest BCUT2D eigenvalue weighted by Gasteiger charge is -2.19. The Kier molecular flexibility index (Phi) is 4.53. The summed E-state index contributed by atoms with van der Waals surface area (Å²) in [4.78, 5) is 50.8. The van der Waals surface area contributed by atoms with E-state index in [2.05, 4.69) is 5.32 Å². The van der Waals surface area contributed by atoms with Crippen LogP contribution in [0.3, 0.4) is 0 Å². The first kappa shape index (κ1) is 18.8. The summed E-state index contributed by atoms with van der Waals surface area (Å²) in [6.07, 6.45) is 2.91. The Morgan fingerprint density at radius 1 is 0.967 bits per heavy atom. The van der Waals surface area contributed by atoms with E-state index < -0.39 is 25.0 Å². The number of carbonyl (C=O) groups is 4. The molecule has 7 nitrogen and oxygen atoms in total. The van der Waals surface area contributed by atoms with Crippen molar-refractivity contribution in [2.24, 2.45) is 23.7 Å². The number of ether oxygens (including phenoxy) is 1. The molecular weight excluding hydrogens is 384 g/mol. The summed E-state index contributed by atoms with van der Waals surface area (Å²) in [7, 11) is 0. The Bertz CT molecular complexity index is 1030. The number of rotatable bonds is 5. The third-order valence-corrected chi connectivity index (χ3v) is 6.73. The number of esters is 1. The van der Waals surface area contributed by atoms with Crippen molar-refractivity contribution in [3.8, 4) is 0 Å². The summed E-state index contributed by atoms with van der Waals surface area (Å²) in [5.74, 6) is -1.74. The Balaban J connectivity index is 1.17. The van der Waals surface area contributed by atoms with Gasteiger partial charge in [-0.3, -0.25) is 24.1 Å². The van der Waals surface area contributed by atoms with E-state index in [0.717, 1.165) is 34.9 Å². The van der Waals surface area contributed by atoms with E-state index in [0.29, 0.717) is 5.69 Å². The molecule has 2 aliphatic carbocycles. The summed E-state index contributed by atoms with van der Waals surface area (Å²) in [5, 5.41) is 4.61. The number of likely N-dealkylation sites (tertiary alicyclic amines) is 1. The Morgan fingerprint density at radius 3 is 2.37 bits per heavy atom. The average Bonchev–Trinajstić information content (AvgIpc) is 3.43. The molecule has 4 atom stereocenters. The van der Waals surface area contributed by atoms with E-state index in [4.69, 9.17) is 4.74 Å². The lowest BCUT2D eigenvalue weighted by molar-refractivity contribution is -0.154. The third kappa shape index (κ3) is 3.05. The van der Waals surface area contributed by atoms with Gasteiger partial charge in [-0.15, -0.1) is 0 Å². The highest BCUT2D eigenvalue weighted by molar-refractivity contribution is 6.08. The quantitative estimate of drug-likeness (QED) is 0.608. The van der Waals surface area contributed by atoms with Crippen LogP contribution in [0.5, 0.6) is 0 Å². The van der Waals surface area contributed by atoms with E-state index in [-0.39, 0.29) is 35.5 Å². The molecule has 2 saturated carbocycles. The second-order valence-electron chi connectivity index (χ2n) is 8.38. The molecule has 2 aromatic carbocycles. The van der Waals surface area contributed by atoms with E-state index in [1.165, 1.54) is 0 Å². The molecule has 0 aromatic heterocycles. The van der Waals surface area contributed by atoms with Gasteiger partial charge in [-0.25, -0.2) is 0 Å². The second kappa shape index (κ2) is 7.23. The van der Waals surface area contributed by atoms with Crippen LogP contribution in [0.1, 0.15) is 19.3 Å². The number of hydrogen-bond acceptors (Lipinski definition) is 5. The van der Waals surface area contributed by atoms with Crippen LogP contribution in [-0.4, -0.2) is 41.7 Å². The van der Waals surface area contributed by atoms with Gasteiger partial charge in [-0.05, 0) is 42.6 Å². The van der Waals surface area contributed by atoms with Crippen molar-refractivity contribution in [3.05, 3.63) is 42.5 Å². The number of imide groups is 1. The number of anilines is 1. The van der Waals surface area contributed by atoms with E-state index in [9.17, 15) is 19.2 Å². The standard InChI is InChI=1S/C23H22N2O5/c26-18(24-17-7-3-5-13-4-1-2-6-16(13)17)12-30-19(27)11-25-22(28)20-14-8-9-15(10-14)21(20)23(25)29/h1-7,14-15,20-21H,8-12H2,(H,24,26)/t14-,15+,20-,21-/m0/s1. The molecule has 3 aliphatic rings. The molecule has 0 spiro atoms. The molecule has 0 radical (unpaired) electrons. The minimum Gasteiger partial charge on any atom is -0.454 e. The van der Waals surface area contributed by atoms with Gasteiger partial charge in [-0.1, -0.05) is 36.4 Å². The van der Waals surface area contributed by atoms with Crippen LogP contribution >= 0.6 is 0 Å². The fourth-order valence-electron chi connectivity index (χ4n) is 5.47. The minimum absolute atomic E-state index is 0.255. The molecule has 154 valence electrons. The summed E-state index contributed by atoms with van der Waals surface area (Å²) in [6, 6.07) is 13.2. The Morgan fingerprint density at radius 2 is 1.63 bits per heavy atom. The highest BCUT2D eigenvalue weighted by Gasteiger charge is 2.61. The zero-order valence-electron chi connectivity index (χ0n) is 16.4. The fourth-order valence-corrected chi connectivity index (χ4v) is 5.47. The van der Waals surface area contributed by atoms with Crippen molar-refractivity contribution in [2.75, 3.05) is 18.5 Å². The fraction of sp³-hybridized carbons (Fsp3) is 0.391. The SMILES string of the molecule is O=C(COC(=O)CN1C(=O)[C@H]2[C@@H]3CC[C@@H](C3)[C@@H]2C1=O)Nc1cccc2ccccc12. The average molecular weight is 406 g/mol. The number of carbonyl (C=O) groups excluding carboxylic acids is 4. The van der Waals surface area contributed by atoms with Crippen LogP contribution in [0.2, 0.25) is 0 Å². The number of benzene rings is 2. The maximum Gasteiger partial charge on any atom is 0.326 e. The number of amides is 3. The van der Waals surface area contributed by atoms with Gasteiger partial charge in [0.25, 0.3) is 5.91 Å². The van der Waals surface area contributed by atoms with Gasteiger partial charge in [0, 0.05) is 11.1 Å². The Hall–Kier alpha value is -3.22. The van der Waals surface area contributed by atoms with Crippen molar-refractivity contribution in [2.45, 2.75) is 19.3 Å². The van der Waals surface area contributed by atoms with Crippen molar-refractivity contribution in [1.29, 1.82) is 0 Å². The van der Waals surface area contributed by atoms with Gasteiger partial charge >= 0.3 is 5.97 Å². The monoisotopic (exact) mass is 406 g/mol. The van der Waals surface area contributed by atoms with Gasteiger partial charge in [-0.2, -0.15) is 0 Å². The first-order valence-electron chi connectivity index (χ1n) is 10.3. The number of fused-ring (bicyclic) bond motifs is 6. The van der Waals surface area contributed by atoms with Gasteiger partial charge in [0.1, 0.15) is 6.54 Å². The van der Waals surface area contributed by atoms with Crippen LogP contribution in [0.4, 0.5) is 5.69 Å². The Labute approximate surface area is 173 Å². The highest BCUT2D eigenvalue weighted by atomic mass is 16.5.